The van der Waals surface area contributed by atoms with Crippen molar-refractivity contribution in [1.29, 1.82) is 0 Å². The van der Waals surface area contributed by atoms with E-state index >= 15 is 0 Å². The lowest BCUT2D eigenvalue weighted by Crippen LogP contribution is -2.19. The Kier molecular flexibility index (Phi) is 4.23. The molecule has 0 aliphatic carbocycles. The fraction of sp³-hybridized carbons (Fsp3) is 0.125. The maximum atomic E-state index is 12.2. The maximum absolute atomic E-state index is 12.2. The van der Waals surface area contributed by atoms with Crippen molar-refractivity contribution in [1.82, 2.24) is 0 Å². The zero-order valence-corrected chi connectivity index (χ0v) is 11.9. The molecule has 5 heteroatoms. The lowest BCUT2D eigenvalue weighted by molar-refractivity contribution is 0.102. The van der Waals surface area contributed by atoms with Crippen LogP contribution in [0, 0.1) is 13.8 Å². The molecule has 2 aromatic carbocycles. The predicted octanol–water partition coefficient (Wildman–Crippen LogP) is 3.05. The minimum atomic E-state index is -0.623. The fourth-order valence-corrected chi connectivity index (χ4v) is 2.05. The van der Waals surface area contributed by atoms with Gasteiger partial charge in [-0.15, -0.1) is 0 Å². The molecule has 4 N–H and O–H groups in total. The second-order valence-corrected chi connectivity index (χ2v) is 4.84. The van der Waals surface area contributed by atoms with Gasteiger partial charge in [-0.05, 0) is 49.7 Å². The summed E-state index contributed by atoms with van der Waals surface area (Å²) >= 11 is 0. The number of urea groups is 1. The van der Waals surface area contributed by atoms with Crippen molar-refractivity contribution in [2.45, 2.75) is 13.8 Å². The summed E-state index contributed by atoms with van der Waals surface area (Å²) in [5, 5.41) is 5.27. The molecule has 3 amide bonds. The van der Waals surface area contributed by atoms with Crippen LogP contribution in [-0.4, -0.2) is 11.9 Å². The second kappa shape index (κ2) is 6.09. The van der Waals surface area contributed by atoms with Gasteiger partial charge in [0.25, 0.3) is 5.91 Å². The minimum Gasteiger partial charge on any atom is -0.351 e. The lowest BCUT2D eigenvalue weighted by atomic mass is 10.1. The Morgan fingerprint density at radius 2 is 1.48 bits per heavy atom. The zero-order valence-electron chi connectivity index (χ0n) is 11.9. The average Bonchev–Trinajstić information content (AvgIpc) is 2.40. The molecule has 0 fully saturated rings. The third-order valence-electron chi connectivity index (χ3n) is 3.04. The summed E-state index contributed by atoms with van der Waals surface area (Å²) < 4.78 is 0. The molecule has 0 aliphatic heterocycles. The minimum absolute atomic E-state index is 0.164. The number of hydrogen-bond donors (Lipinski definition) is 3. The SMILES string of the molecule is Cc1ccc(C(=O)Nc2ccc(NC(N)=O)cc2)c(C)c1. The van der Waals surface area contributed by atoms with E-state index in [9.17, 15) is 9.59 Å². The number of hydrogen-bond acceptors (Lipinski definition) is 2. The quantitative estimate of drug-likeness (QED) is 0.808. The summed E-state index contributed by atoms with van der Waals surface area (Å²) in [7, 11) is 0. The van der Waals surface area contributed by atoms with Crippen LogP contribution in [0.5, 0.6) is 0 Å². The second-order valence-electron chi connectivity index (χ2n) is 4.84. The molecule has 0 saturated carbocycles. The Morgan fingerprint density at radius 3 is 2.00 bits per heavy atom. The molecule has 2 rings (SSSR count). The van der Waals surface area contributed by atoms with Crippen LogP contribution in [-0.2, 0) is 0 Å². The number of nitrogens with one attached hydrogen (secondary N) is 2. The van der Waals surface area contributed by atoms with E-state index in [1.807, 2.05) is 32.0 Å². The summed E-state index contributed by atoms with van der Waals surface area (Å²) in [6.45, 7) is 3.89. The summed E-state index contributed by atoms with van der Waals surface area (Å²) in [6, 6.07) is 11.8. The average molecular weight is 283 g/mol. The molecule has 108 valence electrons. The standard InChI is InChI=1S/C16H17N3O2/c1-10-3-8-14(11(2)9-10)15(20)18-12-4-6-13(7-5-12)19-16(17)21/h3-9H,1-2H3,(H,18,20)(H3,17,19,21). The molecule has 0 radical (unpaired) electrons. The van der Waals surface area contributed by atoms with Gasteiger partial charge < -0.3 is 16.4 Å². The first-order valence-electron chi connectivity index (χ1n) is 6.51. The van der Waals surface area contributed by atoms with Crippen molar-refractivity contribution < 1.29 is 9.59 Å². The summed E-state index contributed by atoms with van der Waals surface area (Å²) in [5.74, 6) is -0.164. The Balaban J connectivity index is 2.10. The Morgan fingerprint density at radius 1 is 0.905 bits per heavy atom. The van der Waals surface area contributed by atoms with Gasteiger partial charge in [0.05, 0.1) is 0 Å². The Labute approximate surface area is 123 Å². The maximum Gasteiger partial charge on any atom is 0.316 e. The van der Waals surface area contributed by atoms with Crippen LogP contribution in [0.4, 0.5) is 16.2 Å². The van der Waals surface area contributed by atoms with Crippen LogP contribution < -0.4 is 16.4 Å². The van der Waals surface area contributed by atoms with Crippen molar-refractivity contribution in [2.24, 2.45) is 5.73 Å². The van der Waals surface area contributed by atoms with E-state index in [1.54, 1.807) is 24.3 Å². The van der Waals surface area contributed by atoms with Gasteiger partial charge in [0.15, 0.2) is 0 Å². The molecular formula is C16H17N3O2. The van der Waals surface area contributed by atoms with E-state index < -0.39 is 6.03 Å². The molecule has 5 nitrogen and oxygen atoms in total. The van der Waals surface area contributed by atoms with Crippen LogP contribution in [0.2, 0.25) is 0 Å². The number of rotatable bonds is 3. The highest BCUT2D eigenvalue weighted by Crippen LogP contribution is 2.16. The smallest absolute Gasteiger partial charge is 0.316 e. The molecule has 0 aliphatic rings. The van der Waals surface area contributed by atoms with Crippen molar-refractivity contribution in [3.05, 3.63) is 59.2 Å². The number of aryl methyl sites for hydroxylation is 2. The number of primary amides is 1. The molecule has 0 saturated heterocycles. The lowest BCUT2D eigenvalue weighted by Gasteiger charge is -2.09. The van der Waals surface area contributed by atoms with E-state index in [1.165, 1.54) is 0 Å². The summed E-state index contributed by atoms with van der Waals surface area (Å²) in [5.41, 5.74) is 8.94. The van der Waals surface area contributed by atoms with Gasteiger partial charge in [0.1, 0.15) is 0 Å². The van der Waals surface area contributed by atoms with Crippen LogP contribution in [0.1, 0.15) is 21.5 Å². The summed E-state index contributed by atoms with van der Waals surface area (Å²) in [4.78, 5) is 22.9. The van der Waals surface area contributed by atoms with E-state index in [2.05, 4.69) is 10.6 Å². The molecular weight excluding hydrogens is 266 g/mol. The van der Waals surface area contributed by atoms with E-state index in [0.717, 1.165) is 11.1 Å². The van der Waals surface area contributed by atoms with Gasteiger partial charge in [-0.25, -0.2) is 4.79 Å². The number of carbonyl (C=O) groups excluding carboxylic acids is 2. The molecule has 0 atom stereocenters. The molecule has 0 aromatic heterocycles. The van der Waals surface area contributed by atoms with Crippen molar-refractivity contribution in [3.63, 3.8) is 0 Å². The van der Waals surface area contributed by atoms with Crippen molar-refractivity contribution in [3.8, 4) is 0 Å². The number of carbonyl (C=O) groups is 2. The molecule has 0 spiro atoms. The van der Waals surface area contributed by atoms with Crippen LogP contribution >= 0.6 is 0 Å². The predicted molar refractivity (Wildman–Crippen MR) is 83.5 cm³/mol. The van der Waals surface area contributed by atoms with Crippen LogP contribution in [0.15, 0.2) is 42.5 Å². The molecule has 21 heavy (non-hydrogen) atoms. The third kappa shape index (κ3) is 3.82. The Hall–Kier alpha value is -2.82. The normalized spacial score (nSPS) is 10.0. The zero-order chi connectivity index (χ0) is 15.4. The van der Waals surface area contributed by atoms with Crippen LogP contribution in [0.3, 0.4) is 0 Å². The first-order chi connectivity index (χ1) is 9.95. The van der Waals surface area contributed by atoms with E-state index in [0.29, 0.717) is 16.9 Å². The van der Waals surface area contributed by atoms with E-state index in [-0.39, 0.29) is 5.91 Å². The first kappa shape index (κ1) is 14.6. The topological polar surface area (TPSA) is 84.2 Å². The fourth-order valence-electron chi connectivity index (χ4n) is 2.05. The molecule has 0 heterocycles. The van der Waals surface area contributed by atoms with Gasteiger partial charge in [-0.1, -0.05) is 17.7 Å². The molecule has 0 bridgehead atoms. The highest BCUT2D eigenvalue weighted by Gasteiger charge is 2.09. The van der Waals surface area contributed by atoms with E-state index in [4.69, 9.17) is 5.73 Å². The largest absolute Gasteiger partial charge is 0.351 e. The monoisotopic (exact) mass is 283 g/mol. The van der Waals surface area contributed by atoms with Gasteiger partial charge in [0, 0.05) is 16.9 Å². The van der Waals surface area contributed by atoms with Crippen molar-refractivity contribution >= 4 is 23.3 Å². The number of amides is 3. The van der Waals surface area contributed by atoms with Gasteiger partial charge in [-0.3, -0.25) is 4.79 Å². The summed E-state index contributed by atoms with van der Waals surface area (Å²) in [6.07, 6.45) is 0. The van der Waals surface area contributed by atoms with Gasteiger partial charge >= 0.3 is 6.03 Å². The number of benzene rings is 2. The number of nitrogens with two attached hydrogens (primary N) is 1. The number of anilines is 2. The highest BCUT2D eigenvalue weighted by atomic mass is 16.2. The van der Waals surface area contributed by atoms with Gasteiger partial charge in [-0.2, -0.15) is 0 Å². The third-order valence-corrected chi connectivity index (χ3v) is 3.04. The Bertz CT molecular complexity index is 678. The molecule has 0 unspecified atom stereocenters. The van der Waals surface area contributed by atoms with Crippen molar-refractivity contribution in [2.75, 3.05) is 10.6 Å². The van der Waals surface area contributed by atoms with Crippen LogP contribution in [0.25, 0.3) is 0 Å². The van der Waals surface area contributed by atoms with Gasteiger partial charge in [0.2, 0.25) is 0 Å². The molecule has 2 aromatic rings. The highest BCUT2D eigenvalue weighted by molar-refractivity contribution is 6.05. The first-order valence-corrected chi connectivity index (χ1v) is 6.51.